The van der Waals surface area contributed by atoms with Crippen molar-refractivity contribution in [2.24, 2.45) is 0 Å². The summed E-state index contributed by atoms with van der Waals surface area (Å²) in [5, 5.41) is 0.606. The van der Waals surface area contributed by atoms with Crippen LogP contribution in [0.2, 0.25) is 5.02 Å². The molecule has 0 aliphatic rings. The van der Waals surface area contributed by atoms with Crippen molar-refractivity contribution in [1.82, 2.24) is 5.48 Å². The van der Waals surface area contributed by atoms with Crippen LogP contribution in [0.4, 0.5) is 0 Å². The number of hydrogen-bond donors (Lipinski definition) is 1. The van der Waals surface area contributed by atoms with E-state index in [-0.39, 0.29) is 0 Å². The molecule has 0 aliphatic heterocycles. The highest BCUT2D eigenvalue weighted by molar-refractivity contribution is 6.32. The van der Waals surface area contributed by atoms with Crippen molar-refractivity contribution in [2.75, 3.05) is 20.8 Å². The van der Waals surface area contributed by atoms with Crippen LogP contribution in [0.1, 0.15) is 5.56 Å². The van der Waals surface area contributed by atoms with Crippen LogP contribution in [0.3, 0.4) is 0 Å². The van der Waals surface area contributed by atoms with E-state index in [4.69, 9.17) is 21.2 Å². The summed E-state index contributed by atoms with van der Waals surface area (Å²) in [6.45, 7) is 0.514. The largest absolute Gasteiger partial charge is 0.495 e. The maximum atomic E-state index is 5.97. The summed E-state index contributed by atoms with van der Waals surface area (Å²) >= 11 is 5.97. The summed E-state index contributed by atoms with van der Waals surface area (Å²) in [5.41, 5.74) is 3.60. The second-order valence-corrected chi connectivity index (χ2v) is 3.22. The molecule has 0 spiro atoms. The standard InChI is InChI=1S/C11H14ClNO2/c1-13-15-7-3-4-9-5-6-11(14-2)10(12)8-9/h3-6,8,13H,7H2,1-2H3/b4-3+. The molecule has 82 valence electrons. The summed E-state index contributed by atoms with van der Waals surface area (Å²) in [6.07, 6.45) is 3.83. The minimum atomic E-state index is 0.514. The quantitative estimate of drug-likeness (QED) is 0.619. The molecule has 15 heavy (non-hydrogen) atoms. The monoisotopic (exact) mass is 227 g/mol. The summed E-state index contributed by atoms with van der Waals surface area (Å²) < 4.78 is 5.05. The first kappa shape index (κ1) is 12.0. The first-order valence-corrected chi connectivity index (χ1v) is 4.94. The van der Waals surface area contributed by atoms with Crippen LogP contribution in [0.5, 0.6) is 5.75 Å². The molecule has 0 radical (unpaired) electrons. The summed E-state index contributed by atoms with van der Waals surface area (Å²) in [4.78, 5) is 4.94. The van der Waals surface area contributed by atoms with Crippen LogP contribution in [-0.2, 0) is 4.84 Å². The molecular formula is C11H14ClNO2. The predicted molar refractivity (Wildman–Crippen MR) is 62.0 cm³/mol. The van der Waals surface area contributed by atoms with Crippen molar-refractivity contribution >= 4 is 17.7 Å². The fourth-order valence-corrected chi connectivity index (χ4v) is 1.37. The Bertz CT molecular complexity index is 339. The minimum Gasteiger partial charge on any atom is -0.495 e. The Hall–Kier alpha value is -1.03. The summed E-state index contributed by atoms with van der Waals surface area (Å²) in [7, 11) is 3.32. The van der Waals surface area contributed by atoms with Gasteiger partial charge in [0.1, 0.15) is 5.75 Å². The molecule has 1 aromatic carbocycles. The molecule has 0 unspecified atom stereocenters. The van der Waals surface area contributed by atoms with E-state index in [1.165, 1.54) is 0 Å². The van der Waals surface area contributed by atoms with Crippen molar-refractivity contribution in [1.29, 1.82) is 0 Å². The lowest BCUT2D eigenvalue weighted by atomic mass is 10.2. The molecular weight excluding hydrogens is 214 g/mol. The van der Waals surface area contributed by atoms with E-state index in [1.54, 1.807) is 14.2 Å². The van der Waals surface area contributed by atoms with Crippen molar-refractivity contribution in [3.8, 4) is 5.75 Å². The third-order valence-electron chi connectivity index (χ3n) is 1.81. The molecule has 1 rings (SSSR count). The number of hydroxylamine groups is 1. The average Bonchev–Trinajstić information content (AvgIpc) is 2.25. The van der Waals surface area contributed by atoms with E-state index in [2.05, 4.69) is 5.48 Å². The first-order valence-electron chi connectivity index (χ1n) is 4.56. The lowest BCUT2D eigenvalue weighted by Crippen LogP contribution is -2.06. The van der Waals surface area contributed by atoms with Crippen molar-refractivity contribution in [2.45, 2.75) is 0 Å². The maximum Gasteiger partial charge on any atom is 0.137 e. The topological polar surface area (TPSA) is 30.5 Å². The Kier molecular flexibility index (Phi) is 5.18. The number of halogens is 1. The molecule has 0 aliphatic carbocycles. The SMILES string of the molecule is CNOC/C=C/c1ccc(OC)c(Cl)c1. The predicted octanol–water partition coefficient (Wildman–Crippen LogP) is 2.51. The molecule has 1 N–H and O–H groups in total. The zero-order valence-electron chi connectivity index (χ0n) is 8.79. The Morgan fingerprint density at radius 1 is 1.47 bits per heavy atom. The van der Waals surface area contributed by atoms with Crippen LogP contribution >= 0.6 is 11.6 Å². The molecule has 0 aromatic heterocycles. The molecule has 0 fully saturated rings. The lowest BCUT2D eigenvalue weighted by molar-refractivity contribution is 0.0814. The smallest absolute Gasteiger partial charge is 0.137 e. The Labute approximate surface area is 94.6 Å². The molecule has 0 bridgehead atoms. The normalized spacial score (nSPS) is 10.9. The van der Waals surface area contributed by atoms with Gasteiger partial charge in [0.2, 0.25) is 0 Å². The minimum absolute atomic E-state index is 0.514. The van der Waals surface area contributed by atoms with Crippen LogP contribution in [0.25, 0.3) is 6.08 Å². The van der Waals surface area contributed by atoms with Crippen molar-refractivity contribution in [3.05, 3.63) is 34.9 Å². The Morgan fingerprint density at radius 3 is 2.87 bits per heavy atom. The third kappa shape index (κ3) is 3.91. The number of hydrogen-bond acceptors (Lipinski definition) is 3. The van der Waals surface area contributed by atoms with E-state index < -0.39 is 0 Å². The van der Waals surface area contributed by atoms with Gasteiger partial charge in [-0.15, -0.1) is 0 Å². The van der Waals surface area contributed by atoms with Gasteiger partial charge in [-0.3, -0.25) is 4.84 Å². The summed E-state index contributed by atoms with van der Waals surface area (Å²) in [5.74, 6) is 0.681. The number of rotatable bonds is 5. The molecule has 0 saturated carbocycles. The molecule has 3 nitrogen and oxygen atoms in total. The van der Waals surface area contributed by atoms with E-state index in [1.807, 2.05) is 30.4 Å². The van der Waals surface area contributed by atoms with E-state index in [0.29, 0.717) is 17.4 Å². The van der Waals surface area contributed by atoms with Gasteiger partial charge < -0.3 is 4.74 Å². The molecule has 4 heteroatoms. The van der Waals surface area contributed by atoms with Gasteiger partial charge >= 0.3 is 0 Å². The van der Waals surface area contributed by atoms with Crippen molar-refractivity contribution in [3.63, 3.8) is 0 Å². The zero-order valence-corrected chi connectivity index (χ0v) is 9.54. The molecule has 0 atom stereocenters. The van der Waals surface area contributed by atoms with E-state index in [0.717, 1.165) is 5.56 Å². The fourth-order valence-electron chi connectivity index (χ4n) is 1.10. The highest BCUT2D eigenvalue weighted by atomic mass is 35.5. The number of benzene rings is 1. The number of methoxy groups -OCH3 is 1. The first-order chi connectivity index (χ1) is 7.27. The Morgan fingerprint density at radius 2 is 2.27 bits per heavy atom. The maximum absolute atomic E-state index is 5.97. The zero-order chi connectivity index (χ0) is 11.1. The van der Waals surface area contributed by atoms with Gasteiger partial charge in [0.05, 0.1) is 18.7 Å². The molecule has 0 heterocycles. The second-order valence-electron chi connectivity index (χ2n) is 2.81. The van der Waals surface area contributed by atoms with Crippen molar-refractivity contribution < 1.29 is 9.57 Å². The molecule has 1 aromatic rings. The van der Waals surface area contributed by atoms with Gasteiger partial charge in [-0.1, -0.05) is 29.8 Å². The van der Waals surface area contributed by atoms with Gasteiger partial charge in [-0.25, -0.2) is 5.48 Å². The van der Waals surface area contributed by atoms with Crippen LogP contribution in [0.15, 0.2) is 24.3 Å². The van der Waals surface area contributed by atoms with Crippen LogP contribution in [0, 0.1) is 0 Å². The van der Waals surface area contributed by atoms with Gasteiger partial charge in [0, 0.05) is 7.05 Å². The highest BCUT2D eigenvalue weighted by Crippen LogP contribution is 2.25. The fraction of sp³-hybridized carbons (Fsp3) is 0.273. The second kappa shape index (κ2) is 6.45. The summed E-state index contributed by atoms with van der Waals surface area (Å²) in [6, 6.07) is 5.61. The third-order valence-corrected chi connectivity index (χ3v) is 2.11. The Balaban J connectivity index is 2.63. The molecule has 0 saturated heterocycles. The molecule has 0 amide bonds. The van der Waals surface area contributed by atoms with Crippen LogP contribution in [-0.4, -0.2) is 20.8 Å². The highest BCUT2D eigenvalue weighted by Gasteiger charge is 1.98. The van der Waals surface area contributed by atoms with Crippen LogP contribution < -0.4 is 10.2 Å². The van der Waals surface area contributed by atoms with Gasteiger partial charge in [0.25, 0.3) is 0 Å². The average molecular weight is 228 g/mol. The lowest BCUT2D eigenvalue weighted by Gasteiger charge is -2.03. The van der Waals surface area contributed by atoms with E-state index >= 15 is 0 Å². The van der Waals surface area contributed by atoms with E-state index in [9.17, 15) is 0 Å². The van der Waals surface area contributed by atoms with Gasteiger partial charge in [-0.05, 0) is 17.7 Å². The number of ether oxygens (including phenoxy) is 1. The van der Waals surface area contributed by atoms with Gasteiger partial charge in [0.15, 0.2) is 0 Å². The van der Waals surface area contributed by atoms with Gasteiger partial charge in [-0.2, -0.15) is 0 Å². The number of nitrogens with one attached hydrogen (secondary N) is 1.